The molecule has 1 unspecified atom stereocenters. The van der Waals surface area contributed by atoms with Gasteiger partial charge in [0.15, 0.2) is 0 Å². The Morgan fingerprint density at radius 3 is 2.50 bits per heavy atom. The zero-order valence-corrected chi connectivity index (χ0v) is 11.8. The van der Waals surface area contributed by atoms with Crippen LogP contribution in [0, 0.1) is 0 Å². The van der Waals surface area contributed by atoms with Crippen LogP contribution in [0.15, 0.2) is 0 Å². The lowest BCUT2D eigenvalue weighted by molar-refractivity contribution is -0.136. The number of carboxylic acid groups (broad SMARTS) is 1. The average molecular weight is 278 g/mol. The number of aliphatic carboxylic acids is 1. The molecule has 0 aromatic rings. The van der Waals surface area contributed by atoms with Crippen LogP contribution in [0.5, 0.6) is 0 Å². The molecule has 0 aromatic heterocycles. The van der Waals surface area contributed by atoms with Gasteiger partial charge in [0.2, 0.25) is 10.0 Å². The zero-order valence-electron chi connectivity index (χ0n) is 11.0. The number of rotatable bonds is 7. The lowest BCUT2D eigenvalue weighted by atomic mass is 10.2. The number of hydrogen-bond acceptors (Lipinski definition) is 4. The van der Waals surface area contributed by atoms with Crippen LogP contribution < -0.4 is 0 Å². The molecule has 7 heteroatoms. The largest absolute Gasteiger partial charge is 0.481 e. The van der Waals surface area contributed by atoms with Gasteiger partial charge in [0, 0.05) is 19.1 Å². The van der Waals surface area contributed by atoms with Gasteiger partial charge in [-0.3, -0.25) is 9.69 Å². The summed E-state index contributed by atoms with van der Waals surface area (Å²) in [5.74, 6) is -1.37. The van der Waals surface area contributed by atoms with Gasteiger partial charge in [0.1, 0.15) is 0 Å². The standard InChI is InChI=1S/C11H22N2O4S/c1-3-12(4-2)10-5-7-13(9-10)18(16,17)8-6-11(14)15/h10H,3-9H2,1-2H3,(H,14,15). The van der Waals surface area contributed by atoms with Gasteiger partial charge in [-0.25, -0.2) is 12.7 Å². The third-order valence-corrected chi connectivity index (χ3v) is 5.26. The quantitative estimate of drug-likeness (QED) is 0.720. The number of nitrogens with zero attached hydrogens (tertiary/aromatic N) is 2. The number of sulfonamides is 1. The van der Waals surface area contributed by atoms with Crippen molar-refractivity contribution < 1.29 is 18.3 Å². The first kappa shape index (κ1) is 15.4. The van der Waals surface area contributed by atoms with Crippen molar-refractivity contribution in [1.29, 1.82) is 0 Å². The van der Waals surface area contributed by atoms with E-state index in [0.717, 1.165) is 19.5 Å². The van der Waals surface area contributed by atoms with Gasteiger partial charge in [0.25, 0.3) is 0 Å². The van der Waals surface area contributed by atoms with Gasteiger partial charge in [-0.05, 0) is 19.5 Å². The van der Waals surface area contributed by atoms with Gasteiger partial charge in [-0.1, -0.05) is 13.8 Å². The van der Waals surface area contributed by atoms with E-state index in [-0.39, 0.29) is 18.2 Å². The Balaban J connectivity index is 2.57. The summed E-state index contributed by atoms with van der Waals surface area (Å²) in [5.41, 5.74) is 0. The van der Waals surface area contributed by atoms with E-state index in [4.69, 9.17) is 5.11 Å². The van der Waals surface area contributed by atoms with Gasteiger partial charge < -0.3 is 5.11 Å². The van der Waals surface area contributed by atoms with E-state index in [1.807, 2.05) is 0 Å². The Hall–Kier alpha value is -0.660. The molecule has 106 valence electrons. The normalized spacial score (nSPS) is 21.6. The van der Waals surface area contributed by atoms with Crippen LogP contribution in [0.2, 0.25) is 0 Å². The SMILES string of the molecule is CCN(CC)C1CCN(S(=O)(=O)CCC(=O)O)C1. The number of carboxylic acids is 1. The Morgan fingerprint density at radius 2 is 2.00 bits per heavy atom. The molecule has 1 rings (SSSR count). The fourth-order valence-corrected chi connectivity index (χ4v) is 3.82. The number of hydrogen-bond donors (Lipinski definition) is 1. The highest BCUT2D eigenvalue weighted by atomic mass is 32.2. The van der Waals surface area contributed by atoms with Crippen LogP contribution in [0.25, 0.3) is 0 Å². The monoisotopic (exact) mass is 278 g/mol. The summed E-state index contributed by atoms with van der Waals surface area (Å²) in [5, 5.41) is 8.54. The van der Waals surface area contributed by atoms with Gasteiger partial charge in [-0.2, -0.15) is 0 Å². The van der Waals surface area contributed by atoms with Crippen molar-refractivity contribution in [1.82, 2.24) is 9.21 Å². The molecule has 18 heavy (non-hydrogen) atoms. The maximum Gasteiger partial charge on any atom is 0.304 e. The third kappa shape index (κ3) is 3.93. The van der Waals surface area contributed by atoms with E-state index >= 15 is 0 Å². The van der Waals surface area contributed by atoms with E-state index in [9.17, 15) is 13.2 Å². The molecule has 1 aliphatic heterocycles. The molecule has 0 saturated carbocycles. The average Bonchev–Trinajstić information content (AvgIpc) is 2.78. The maximum absolute atomic E-state index is 11.9. The minimum atomic E-state index is -3.41. The molecule has 1 N–H and O–H groups in total. The van der Waals surface area contributed by atoms with E-state index in [0.29, 0.717) is 13.1 Å². The van der Waals surface area contributed by atoms with Crippen LogP contribution >= 0.6 is 0 Å². The third-order valence-electron chi connectivity index (χ3n) is 3.42. The molecule has 0 spiro atoms. The van der Waals surface area contributed by atoms with Crippen LogP contribution in [0.1, 0.15) is 26.7 Å². The molecular formula is C11H22N2O4S. The Kier molecular flexibility index (Phi) is 5.55. The smallest absolute Gasteiger partial charge is 0.304 e. The van der Waals surface area contributed by atoms with E-state index < -0.39 is 16.0 Å². The zero-order chi connectivity index (χ0) is 13.8. The highest BCUT2D eigenvalue weighted by Gasteiger charge is 2.33. The fourth-order valence-electron chi connectivity index (χ4n) is 2.35. The topological polar surface area (TPSA) is 77.9 Å². The molecule has 0 aromatic carbocycles. The fraction of sp³-hybridized carbons (Fsp3) is 0.909. The van der Waals surface area contributed by atoms with E-state index in [1.165, 1.54) is 4.31 Å². The second kappa shape index (κ2) is 6.49. The van der Waals surface area contributed by atoms with Gasteiger partial charge in [-0.15, -0.1) is 0 Å². The van der Waals surface area contributed by atoms with Crippen molar-refractivity contribution in [2.24, 2.45) is 0 Å². The lowest BCUT2D eigenvalue weighted by Gasteiger charge is -2.26. The van der Waals surface area contributed by atoms with Crippen LogP contribution in [0.3, 0.4) is 0 Å². The van der Waals surface area contributed by atoms with Crippen molar-refractivity contribution in [3.05, 3.63) is 0 Å². The Morgan fingerprint density at radius 1 is 1.39 bits per heavy atom. The van der Waals surface area contributed by atoms with Crippen LogP contribution in [0.4, 0.5) is 0 Å². The molecular weight excluding hydrogens is 256 g/mol. The summed E-state index contributed by atoms with van der Waals surface area (Å²) in [6, 6.07) is 0.264. The predicted octanol–water partition coefficient (Wildman–Crippen LogP) is 0.207. The van der Waals surface area contributed by atoms with Crippen molar-refractivity contribution in [2.45, 2.75) is 32.7 Å². The first-order chi connectivity index (χ1) is 8.40. The highest BCUT2D eigenvalue weighted by molar-refractivity contribution is 7.89. The van der Waals surface area contributed by atoms with Crippen LogP contribution in [-0.4, -0.2) is 66.7 Å². The first-order valence-electron chi connectivity index (χ1n) is 6.34. The molecule has 1 fully saturated rings. The minimum absolute atomic E-state index is 0.264. The molecule has 6 nitrogen and oxygen atoms in total. The summed E-state index contributed by atoms with van der Waals surface area (Å²) in [4.78, 5) is 12.7. The molecule has 0 amide bonds. The summed E-state index contributed by atoms with van der Waals surface area (Å²) >= 11 is 0. The van der Waals surface area contributed by atoms with Crippen molar-refractivity contribution >= 4 is 16.0 Å². The Labute approximate surface area is 109 Å². The second-order valence-electron chi connectivity index (χ2n) is 4.48. The van der Waals surface area contributed by atoms with Gasteiger partial charge >= 0.3 is 5.97 Å². The molecule has 1 aliphatic rings. The summed E-state index contributed by atoms with van der Waals surface area (Å²) < 4.78 is 25.3. The number of carbonyl (C=O) groups is 1. The predicted molar refractivity (Wildman–Crippen MR) is 68.9 cm³/mol. The van der Waals surface area contributed by atoms with Crippen molar-refractivity contribution in [2.75, 3.05) is 31.9 Å². The van der Waals surface area contributed by atoms with E-state index in [1.54, 1.807) is 0 Å². The van der Waals surface area contributed by atoms with E-state index in [2.05, 4.69) is 18.7 Å². The minimum Gasteiger partial charge on any atom is -0.481 e. The summed E-state index contributed by atoms with van der Waals surface area (Å²) in [7, 11) is -3.41. The molecule has 0 aliphatic carbocycles. The molecule has 1 atom stereocenters. The molecule has 0 bridgehead atoms. The maximum atomic E-state index is 11.9. The Bertz CT molecular complexity index is 379. The number of likely N-dealkylation sites (N-methyl/N-ethyl adjacent to an activating group) is 1. The highest BCUT2D eigenvalue weighted by Crippen LogP contribution is 2.19. The van der Waals surface area contributed by atoms with Crippen LogP contribution in [-0.2, 0) is 14.8 Å². The summed E-state index contributed by atoms with van der Waals surface area (Å²) in [6.07, 6.45) is 0.503. The lowest BCUT2D eigenvalue weighted by Crippen LogP contribution is -2.39. The second-order valence-corrected chi connectivity index (χ2v) is 6.57. The molecule has 1 saturated heterocycles. The molecule has 1 heterocycles. The van der Waals surface area contributed by atoms with Gasteiger partial charge in [0.05, 0.1) is 12.2 Å². The van der Waals surface area contributed by atoms with Crippen molar-refractivity contribution in [3.63, 3.8) is 0 Å². The molecule has 0 radical (unpaired) electrons. The first-order valence-corrected chi connectivity index (χ1v) is 7.95. The van der Waals surface area contributed by atoms with Crippen molar-refractivity contribution in [3.8, 4) is 0 Å². The summed E-state index contributed by atoms with van der Waals surface area (Å²) in [6.45, 7) is 6.93.